The fourth-order valence-electron chi connectivity index (χ4n) is 3.39. The normalized spacial score (nSPS) is 12.8. The van der Waals surface area contributed by atoms with Crippen molar-refractivity contribution in [3.8, 4) is 0 Å². The molecule has 0 spiro atoms. The number of para-hydroxylation sites is 1. The van der Waals surface area contributed by atoms with Crippen molar-refractivity contribution < 1.29 is 18.0 Å². The standard InChI is InChI=1S/C22H22F3N3O2/c1-11-7-6-8-12(2)18(11)27-20(29)15(5)28-17-10-14(4)13(3)9-16(17)26-19(21(28)30)22(23,24)25/h6-10,15H,1-5H3,(H,27,29). The van der Waals surface area contributed by atoms with Gasteiger partial charge < -0.3 is 5.32 Å². The van der Waals surface area contributed by atoms with Crippen LogP contribution in [-0.2, 0) is 11.0 Å². The van der Waals surface area contributed by atoms with Crippen molar-refractivity contribution in [3.63, 3.8) is 0 Å². The second-order valence-corrected chi connectivity index (χ2v) is 7.49. The summed E-state index contributed by atoms with van der Waals surface area (Å²) in [5.74, 6) is -0.589. The van der Waals surface area contributed by atoms with Gasteiger partial charge in [-0.05, 0) is 69.0 Å². The summed E-state index contributed by atoms with van der Waals surface area (Å²) >= 11 is 0. The highest BCUT2D eigenvalue weighted by atomic mass is 19.4. The SMILES string of the molecule is Cc1cc2nc(C(F)(F)F)c(=O)n(C(C)C(=O)Nc3c(C)cccc3C)c2cc1C. The summed E-state index contributed by atoms with van der Waals surface area (Å²) in [6, 6.07) is 7.36. The van der Waals surface area contributed by atoms with Crippen LogP contribution >= 0.6 is 0 Å². The van der Waals surface area contributed by atoms with Crippen LogP contribution in [0.25, 0.3) is 11.0 Å². The molecule has 1 atom stereocenters. The number of carbonyl (C=O) groups is 1. The highest BCUT2D eigenvalue weighted by Gasteiger charge is 2.38. The van der Waals surface area contributed by atoms with E-state index in [2.05, 4.69) is 10.3 Å². The lowest BCUT2D eigenvalue weighted by atomic mass is 10.1. The number of anilines is 1. The molecule has 0 saturated heterocycles. The Morgan fingerprint density at radius 1 is 1.03 bits per heavy atom. The molecule has 3 rings (SSSR count). The number of hydrogen-bond donors (Lipinski definition) is 1. The highest BCUT2D eigenvalue weighted by molar-refractivity contribution is 5.95. The van der Waals surface area contributed by atoms with Gasteiger partial charge in [-0.1, -0.05) is 18.2 Å². The van der Waals surface area contributed by atoms with Crippen LogP contribution in [0.1, 0.15) is 40.9 Å². The monoisotopic (exact) mass is 417 g/mol. The first-order valence-corrected chi connectivity index (χ1v) is 9.39. The molecular formula is C22H22F3N3O2. The molecule has 0 aliphatic rings. The van der Waals surface area contributed by atoms with E-state index < -0.39 is 29.4 Å². The Balaban J connectivity index is 2.20. The lowest BCUT2D eigenvalue weighted by Crippen LogP contribution is -2.36. The topological polar surface area (TPSA) is 64.0 Å². The van der Waals surface area contributed by atoms with Gasteiger partial charge in [0.1, 0.15) is 6.04 Å². The lowest BCUT2D eigenvalue weighted by Gasteiger charge is -2.21. The number of benzene rings is 2. The van der Waals surface area contributed by atoms with Crippen molar-refractivity contribution in [2.24, 2.45) is 0 Å². The molecule has 1 amide bonds. The number of fused-ring (bicyclic) bond motifs is 1. The summed E-state index contributed by atoms with van der Waals surface area (Å²) in [7, 11) is 0. The maximum absolute atomic E-state index is 13.5. The zero-order valence-corrected chi connectivity index (χ0v) is 17.3. The second kappa shape index (κ2) is 7.59. The quantitative estimate of drug-likeness (QED) is 0.663. The van der Waals surface area contributed by atoms with Crippen LogP contribution in [-0.4, -0.2) is 15.5 Å². The van der Waals surface area contributed by atoms with E-state index in [9.17, 15) is 22.8 Å². The number of rotatable bonds is 3. The smallest absolute Gasteiger partial charge is 0.324 e. The van der Waals surface area contributed by atoms with Crippen molar-refractivity contribution in [1.82, 2.24) is 9.55 Å². The Bertz CT molecular complexity index is 1190. The van der Waals surface area contributed by atoms with Gasteiger partial charge in [0.2, 0.25) is 11.6 Å². The fourth-order valence-corrected chi connectivity index (χ4v) is 3.39. The zero-order chi connectivity index (χ0) is 22.4. The number of aryl methyl sites for hydroxylation is 4. The second-order valence-electron chi connectivity index (χ2n) is 7.49. The van der Waals surface area contributed by atoms with Gasteiger partial charge in [0.25, 0.3) is 5.56 Å². The van der Waals surface area contributed by atoms with Gasteiger partial charge in [-0.25, -0.2) is 4.98 Å². The van der Waals surface area contributed by atoms with E-state index in [0.29, 0.717) is 5.69 Å². The van der Waals surface area contributed by atoms with Crippen molar-refractivity contribution >= 4 is 22.6 Å². The van der Waals surface area contributed by atoms with E-state index in [1.54, 1.807) is 19.9 Å². The number of alkyl halides is 3. The Morgan fingerprint density at radius 2 is 1.60 bits per heavy atom. The Hall–Kier alpha value is -3.16. The highest BCUT2D eigenvalue weighted by Crippen LogP contribution is 2.29. The molecule has 0 bridgehead atoms. The molecule has 5 nitrogen and oxygen atoms in total. The Morgan fingerprint density at radius 3 is 2.17 bits per heavy atom. The van der Waals surface area contributed by atoms with Gasteiger partial charge in [0, 0.05) is 5.69 Å². The summed E-state index contributed by atoms with van der Waals surface area (Å²) < 4.78 is 41.3. The first-order valence-electron chi connectivity index (χ1n) is 9.39. The van der Waals surface area contributed by atoms with Crippen LogP contribution in [0.3, 0.4) is 0 Å². The van der Waals surface area contributed by atoms with E-state index in [-0.39, 0.29) is 11.0 Å². The summed E-state index contributed by atoms with van der Waals surface area (Å²) in [5, 5.41) is 2.75. The number of hydrogen-bond acceptors (Lipinski definition) is 3. The fraction of sp³-hybridized carbons (Fsp3) is 0.318. The summed E-state index contributed by atoms with van der Waals surface area (Å²) in [6.07, 6.45) is -4.94. The van der Waals surface area contributed by atoms with Crippen molar-refractivity contribution in [3.05, 3.63) is 68.6 Å². The molecule has 158 valence electrons. The third-order valence-electron chi connectivity index (χ3n) is 5.27. The molecule has 0 radical (unpaired) electrons. The van der Waals surface area contributed by atoms with Crippen LogP contribution in [0.5, 0.6) is 0 Å². The van der Waals surface area contributed by atoms with Gasteiger partial charge in [-0.2, -0.15) is 13.2 Å². The number of nitrogens with zero attached hydrogens (tertiary/aromatic N) is 2. The molecule has 1 heterocycles. The molecule has 3 aromatic rings. The third-order valence-corrected chi connectivity index (χ3v) is 5.27. The maximum Gasteiger partial charge on any atom is 0.438 e. The van der Waals surface area contributed by atoms with Gasteiger partial charge in [0.15, 0.2) is 0 Å². The van der Waals surface area contributed by atoms with Gasteiger partial charge in [-0.15, -0.1) is 0 Å². The lowest BCUT2D eigenvalue weighted by molar-refractivity contribution is -0.142. The van der Waals surface area contributed by atoms with Crippen LogP contribution in [0, 0.1) is 27.7 Å². The van der Waals surface area contributed by atoms with Crippen molar-refractivity contribution in [2.45, 2.75) is 46.8 Å². The van der Waals surface area contributed by atoms with Gasteiger partial charge in [0.05, 0.1) is 11.0 Å². The van der Waals surface area contributed by atoms with E-state index >= 15 is 0 Å². The van der Waals surface area contributed by atoms with Crippen LogP contribution in [0.15, 0.2) is 35.1 Å². The molecule has 30 heavy (non-hydrogen) atoms. The first-order chi connectivity index (χ1) is 13.9. The Labute approximate surface area is 171 Å². The van der Waals surface area contributed by atoms with E-state index in [4.69, 9.17) is 0 Å². The molecule has 1 aromatic heterocycles. The predicted octanol–water partition coefficient (Wildman–Crippen LogP) is 4.85. The molecule has 0 saturated carbocycles. The molecule has 8 heteroatoms. The van der Waals surface area contributed by atoms with Crippen LogP contribution in [0.4, 0.5) is 18.9 Å². The number of carbonyl (C=O) groups excluding carboxylic acids is 1. The predicted molar refractivity (Wildman–Crippen MR) is 110 cm³/mol. The summed E-state index contributed by atoms with van der Waals surface area (Å²) in [5.41, 5.74) is 1.02. The molecule has 2 aromatic carbocycles. The Kier molecular flexibility index (Phi) is 5.45. The third kappa shape index (κ3) is 3.81. The van der Waals surface area contributed by atoms with Crippen LogP contribution in [0.2, 0.25) is 0 Å². The van der Waals surface area contributed by atoms with Crippen molar-refractivity contribution in [2.75, 3.05) is 5.32 Å². The minimum absolute atomic E-state index is 0.0109. The molecule has 0 aliphatic carbocycles. The molecular weight excluding hydrogens is 395 g/mol. The number of nitrogens with one attached hydrogen (secondary N) is 1. The van der Waals surface area contributed by atoms with E-state index in [1.807, 2.05) is 32.0 Å². The zero-order valence-electron chi connectivity index (χ0n) is 17.3. The molecule has 1 unspecified atom stereocenters. The molecule has 1 N–H and O–H groups in total. The van der Waals surface area contributed by atoms with Gasteiger partial charge >= 0.3 is 6.18 Å². The van der Waals surface area contributed by atoms with Crippen molar-refractivity contribution in [1.29, 1.82) is 0 Å². The van der Waals surface area contributed by atoms with Crippen LogP contribution < -0.4 is 10.9 Å². The van der Waals surface area contributed by atoms with E-state index in [1.165, 1.54) is 13.0 Å². The van der Waals surface area contributed by atoms with E-state index in [0.717, 1.165) is 26.8 Å². The number of halogens is 3. The minimum Gasteiger partial charge on any atom is -0.324 e. The average molecular weight is 417 g/mol. The maximum atomic E-state index is 13.5. The largest absolute Gasteiger partial charge is 0.438 e. The summed E-state index contributed by atoms with van der Waals surface area (Å²) in [4.78, 5) is 29.3. The molecule has 0 fully saturated rings. The average Bonchev–Trinajstić information content (AvgIpc) is 2.64. The first kappa shape index (κ1) is 21.5. The summed E-state index contributed by atoms with van der Waals surface area (Å²) in [6.45, 7) is 8.56. The number of amides is 1. The van der Waals surface area contributed by atoms with Gasteiger partial charge in [-0.3, -0.25) is 14.2 Å². The molecule has 0 aliphatic heterocycles. The number of aromatic nitrogens is 2. The minimum atomic E-state index is -4.94.